The van der Waals surface area contributed by atoms with Crippen LogP contribution in [0.1, 0.15) is 46.5 Å². The van der Waals surface area contributed by atoms with Crippen LogP contribution in [0.4, 0.5) is 4.39 Å². The molecule has 1 N–H and O–H groups in total. The van der Waals surface area contributed by atoms with E-state index in [9.17, 15) is 9.90 Å². The molecular formula is C28H45FO5Si2. The van der Waals surface area contributed by atoms with Gasteiger partial charge in [-0.1, -0.05) is 25.5 Å². The van der Waals surface area contributed by atoms with E-state index < -0.39 is 50.6 Å². The minimum absolute atomic E-state index is 0.0520. The minimum Gasteiger partial charge on any atom is -0.411 e. The van der Waals surface area contributed by atoms with Crippen LogP contribution in [-0.2, 0) is 18.4 Å². The second kappa shape index (κ2) is 7.72. The Morgan fingerprint density at radius 3 is 2.39 bits per heavy atom. The maximum Gasteiger partial charge on any atom is 0.214 e. The van der Waals surface area contributed by atoms with E-state index in [1.165, 1.54) is 0 Å². The van der Waals surface area contributed by atoms with Crippen LogP contribution in [-0.4, -0.2) is 57.3 Å². The van der Waals surface area contributed by atoms with Gasteiger partial charge in [0.15, 0.2) is 28.1 Å². The molecule has 5 rings (SSSR count). The van der Waals surface area contributed by atoms with Gasteiger partial charge in [0.1, 0.15) is 5.60 Å². The number of hydrogen-bond donors (Lipinski definition) is 1. The van der Waals surface area contributed by atoms with Crippen LogP contribution in [0, 0.1) is 28.6 Å². The molecule has 1 spiro atoms. The average molecular weight is 537 g/mol. The summed E-state index contributed by atoms with van der Waals surface area (Å²) in [6.45, 7) is 19.0. The third-order valence-electron chi connectivity index (χ3n) is 10.2. The van der Waals surface area contributed by atoms with E-state index in [1.807, 2.05) is 13.0 Å². The predicted molar refractivity (Wildman–Crippen MR) is 143 cm³/mol. The lowest BCUT2D eigenvalue weighted by molar-refractivity contribution is -0.191. The summed E-state index contributed by atoms with van der Waals surface area (Å²) in [5.74, 6) is -1.11. The van der Waals surface area contributed by atoms with Crippen LogP contribution < -0.4 is 0 Å². The third-order valence-corrected chi connectivity index (χ3v) is 12.1. The van der Waals surface area contributed by atoms with E-state index in [0.717, 1.165) is 12.0 Å². The van der Waals surface area contributed by atoms with Gasteiger partial charge in [0.25, 0.3) is 0 Å². The third kappa shape index (κ3) is 3.33. The summed E-state index contributed by atoms with van der Waals surface area (Å²) >= 11 is 0. The van der Waals surface area contributed by atoms with Crippen LogP contribution >= 0.6 is 0 Å². The molecule has 3 saturated carbocycles. The van der Waals surface area contributed by atoms with Gasteiger partial charge in [-0.25, -0.2) is 4.39 Å². The molecule has 8 heteroatoms. The molecule has 1 heterocycles. The van der Waals surface area contributed by atoms with Crippen LogP contribution in [0.25, 0.3) is 0 Å². The zero-order valence-electron chi connectivity index (χ0n) is 23.5. The van der Waals surface area contributed by atoms with Crippen LogP contribution in [0.3, 0.4) is 0 Å². The largest absolute Gasteiger partial charge is 0.411 e. The molecular weight excluding hydrogens is 491 g/mol. The number of carbonyl (C=O) groups is 1. The summed E-state index contributed by atoms with van der Waals surface area (Å²) in [5.41, 5.74) is -2.65. The Hall–Kier alpha value is -0.646. The van der Waals surface area contributed by atoms with Crippen molar-refractivity contribution in [3.63, 3.8) is 0 Å². The highest BCUT2D eigenvalue weighted by atomic mass is 28.4. The molecule has 202 valence electrons. The molecule has 0 radical (unpaired) electrons. The molecule has 0 aromatic carbocycles. The Morgan fingerprint density at radius 2 is 1.81 bits per heavy atom. The highest BCUT2D eigenvalue weighted by Crippen LogP contribution is 2.78. The molecule has 9 atom stereocenters. The second-order valence-corrected chi connectivity index (χ2v) is 23.5. The Kier molecular flexibility index (Phi) is 5.78. The zero-order valence-corrected chi connectivity index (χ0v) is 25.5. The maximum absolute atomic E-state index is 18.2. The summed E-state index contributed by atoms with van der Waals surface area (Å²) in [4.78, 5) is 12.3. The first-order chi connectivity index (χ1) is 16.4. The number of halogens is 1. The summed E-state index contributed by atoms with van der Waals surface area (Å²) in [7, 11) is -4.18. The van der Waals surface area contributed by atoms with E-state index in [-0.39, 0.29) is 30.1 Å². The van der Waals surface area contributed by atoms with Gasteiger partial charge < -0.3 is 18.7 Å². The smallest absolute Gasteiger partial charge is 0.214 e. The lowest BCUT2D eigenvalue weighted by Crippen LogP contribution is -2.69. The number of epoxide rings is 1. The molecule has 36 heavy (non-hydrogen) atoms. The Morgan fingerprint density at radius 1 is 1.14 bits per heavy atom. The van der Waals surface area contributed by atoms with E-state index in [1.54, 1.807) is 12.2 Å². The average Bonchev–Trinajstić information content (AvgIpc) is 3.34. The van der Waals surface area contributed by atoms with Crippen molar-refractivity contribution in [2.24, 2.45) is 28.6 Å². The van der Waals surface area contributed by atoms with Crippen molar-refractivity contribution in [2.45, 2.75) is 109 Å². The molecule has 0 aromatic rings. The summed E-state index contributed by atoms with van der Waals surface area (Å²) < 4.78 is 38.2. The molecule has 0 bridgehead atoms. The lowest BCUT2D eigenvalue weighted by Gasteiger charge is -2.63. The minimum atomic E-state index is -2.14. The fourth-order valence-corrected chi connectivity index (χ4v) is 11.4. The predicted octanol–water partition coefficient (Wildman–Crippen LogP) is 5.77. The van der Waals surface area contributed by atoms with Crippen molar-refractivity contribution in [3.8, 4) is 0 Å². The summed E-state index contributed by atoms with van der Waals surface area (Å²) in [5, 5.41) is 10.6. The second-order valence-electron chi connectivity index (χ2n) is 14.6. The summed E-state index contributed by atoms with van der Waals surface area (Å²) in [6.07, 6.45) is 7.17. The molecule has 0 amide bonds. The first kappa shape index (κ1) is 26.9. The zero-order chi connectivity index (χ0) is 26.7. The standard InChI is InChI=1S/C28H45FO5Si2/c1-18-14-22-21-11-10-19-15-20(31)12-13-24(19,2)27(21,29)23(32-35(4,5)6)16-25(22,3)28(18)26(17-30,33-28)34-36(7,8)9/h12-13,15,18,21-23,30H,10-11,14,16-17H2,1-9H3/t18-,21+,22+,23+,24+,25+,26?,27+,28-/m1/s1. The lowest BCUT2D eigenvalue weighted by atomic mass is 9.45. The number of allylic oxidation sites excluding steroid dienone is 4. The van der Waals surface area contributed by atoms with Crippen molar-refractivity contribution < 1.29 is 27.9 Å². The molecule has 1 aliphatic heterocycles. The number of alkyl halides is 1. The molecule has 1 saturated heterocycles. The number of ether oxygens (including phenoxy) is 1. The van der Waals surface area contributed by atoms with Gasteiger partial charge in [-0.3, -0.25) is 4.79 Å². The van der Waals surface area contributed by atoms with Crippen molar-refractivity contribution >= 4 is 22.4 Å². The number of ketones is 1. The number of hydrogen-bond acceptors (Lipinski definition) is 5. The van der Waals surface area contributed by atoms with E-state index in [2.05, 4.69) is 53.1 Å². The van der Waals surface area contributed by atoms with Gasteiger partial charge >= 0.3 is 0 Å². The van der Waals surface area contributed by atoms with Crippen LogP contribution in [0.15, 0.2) is 23.8 Å². The topological polar surface area (TPSA) is 68.3 Å². The van der Waals surface area contributed by atoms with E-state index in [4.69, 9.17) is 13.6 Å². The molecule has 4 fully saturated rings. The summed E-state index contributed by atoms with van der Waals surface area (Å²) in [6, 6.07) is 0. The first-order valence-corrected chi connectivity index (χ1v) is 20.5. The normalized spacial score (nSPS) is 50.0. The number of carbonyl (C=O) groups excluding carboxylic acids is 1. The first-order valence-electron chi connectivity index (χ1n) is 13.7. The molecule has 5 aliphatic rings. The van der Waals surface area contributed by atoms with Gasteiger partial charge in [-0.15, -0.1) is 0 Å². The van der Waals surface area contributed by atoms with Crippen LogP contribution in [0.2, 0.25) is 39.3 Å². The van der Waals surface area contributed by atoms with E-state index >= 15 is 4.39 Å². The molecule has 1 unspecified atom stereocenters. The van der Waals surface area contributed by atoms with Crippen molar-refractivity contribution in [1.29, 1.82) is 0 Å². The van der Waals surface area contributed by atoms with Crippen molar-refractivity contribution in [3.05, 3.63) is 23.8 Å². The number of fused-ring (bicyclic) bond motifs is 6. The molecule has 0 aromatic heterocycles. The highest BCUT2D eigenvalue weighted by Gasteiger charge is 2.88. The van der Waals surface area contributed by atoms with Crippen LogP contribution in [0.5, 0.6) is 0 Å². The van der Waals surface area contributed by atoms with Gasteiger partial charge in [0.05, 0.1) is 12.7 Å². The number of rotatable bonds is 5. The fourth-order valence-electron chi connectivity index (χ4n) is 9.08. The quantitative estimate of drug-likeness (QED) is 0.357. The Balaban J connectivity index is 1.64. The van der Waals surface area contributed by atoms with Gasteiger partial charge in [0.2, 0.25) is 5.79 Å². The monoisotopic (exact) mass is 536 g/mol. The number of aliphatic hydroxyl groups excluding tert-OH is 1. The Labute approximate surface area is 218 Å². The highest BCUT2D eigenvalue weighted by molar-refractivity contribution is 6.70. The number of aliphatic hydroxyl groups is 1. The fraction of sp³-hybridized carbons (Fsp3) is 0.821. The van der Waals surface area contributed by atoms with E-state index in [0.29, 0.717) is 19.3 Å². The molecule has 4 aliphatic carbocycles. The van der Waals surface area contributed by atoms with Gasteiger partial charge in [-0.2, -0.15) is 0 Å². The SMILES string of the molecule is C[C@@H]1C[C@H]2[C@@H]3CCC4=CC(=O)C=C[C@]4(C)[C@@]3(F)[C@@H](O[Si](C)(C)C)C[C@]2(C)[C@]12OC2(CO)O[Si](C)(C)C. The van der Waals surface area contributed by atoms with Crippen molar-refractivity contribution in [2.75, 3.05) is 6.61 Å². The molecule has 5 nitrogen and oxygen atoms in total. The van der Waals surface area contributed by atoms with Crippen molar-refractivity contribution in [1.82, 2.24) is 0 Å². The maximum atomic E-state index is 18.2. The van der Waals surface area contributed by atoms with Gasteiger partial charge in [0, 0.05) is 16.7 Å². The van der Waals surface area contributed by atoms with Gasteiger partial charge in [-0.05, 0) is 95.9 Å². The Bertz CT molecular complexity index is 1030.